The maximum Gasteiger partial charge on any atom is 0.419 e. The Balaban J connectivity index is 1.39. The Hall–Kier alpha value is -2.48. The lowest BCUT2D eigenvalue weighted by molar-refractivity contribution is -0.147. The standard InChI is InChI=1S/C24H30F6N4O/c25-21-19(24(28,29)30)3-1-4-20(21)34-15-13-33(14-16-34)12-9-17-5-7-18(8-6-17)32-22(35)23(26,27)10-2-11-31/h1,3-4,17-18H,2,5-10,12-16H2,(H,32,35)/t17-,18-. The maximum absolute atomic E-state index is 14.4. The average Bonchev–Trinajstić information content (AvgIpc) is 2.82. The van der Waals surface area contributed by atoms with Gasteiger partial charge in [-0.2, -0.15) is 27.2 Å². The molecule has 1 heterocycles. The average molecular weight is 505 g/mol. The highest BCUT2D eigenvalue weighted by atomic mass is 19.4. The summed E-state index contributed by atoms with van der Waals surface area (Å²) in [6, 6.07) is 4.67. The van der Waals surface area contributed by atoms with Gasteiger partial charge in [0.2, 0.25) is 0 Å². The summed E-state index contributed by atoms with van der Waals surface area (Å²) in [6.07, 6.45) is -2.14. The lowest BCUT2D eigenvalue weighted by Gasteiger charge is -2.37. The molecule has 0 radical (unpaired) electrons. The molecule has 5 nitrogen and oxygen atoms in total. The molecule has 2 fully saturated rings. The largest absolute Gasteiger partial charge is 0.419 e. The van der Waals surface area contributed by atoms with Crippen molar-refractivity contribution in [3.05, 3.63) is 29.6 Å². The van der Waals surface area contributed by atoms with E-state index in [9.17, 15) is 31.1 Å². The van der Waals surface area contributed by atoms with Gasteiger partial charge < -0.3 is 10.2 Å². The van der Waals surface area contributed by atoms with E-state index in [1.54, 1.807) is 11.0 Å². The van der Waals surface area contributed by atoms with E-state index in [1.165, 1.54) is 12.1 Å². The highest BCUT2D eigenvalue weighted by Crippen LogP contribution is 2.35. The van der Waals surface area contributed by atoms with Crippen LogP contribution in [-0.2, 0) is 11.0 Å². The van der Waals surface area contributed by atoms with Crippen LogP contribution in [0.2, 0.25) is 0 Å². The number of hydrogen-bond donors (Lipinski definition) is 1. The van der Waals surface area contributed by atoms with Gasteiger partial charge >= 0.3 is 12.1 Å². The molecule has 3 rings (SSSR count). The summed E-state index contributed by atoms with van der Waals surface area (Å²) in [5.41, 5.74) is -1.28. The molecule has 11 heteroatoms. The molecule has 1 aromatic rings. The number of nitrogens with one attached hydrogen (secondary N) is 1. The van der Waals surface area contributed by atoms with Gasteiger partial charge in [0.25, 0.3) is 5.91 Å². The molecule has 1 N–H and O–H groups in total. The predicted octanol–water partition coefficient (Wildman–Crippen LogP) is 4.97. The molecule has 0 spiro atoms. The molecule has 0 bridgehead atoms. The van der Waals surface area contributed by atoms with Gasteiger partial charge in [0.1, 0.15) is 0 Å². The van der Waals surface area contributed by atoms with E-state index in [-0.39, 0.29) is 18.2 Å². The number of carbonyl (C=O) groups is 1. The van der Waals surface area contributed by atoms with Gasteiger partial charge in [0.05, 0.1) is 17.3 Å². The lowest BCUT2D eigenvalue weighted by atomic mass is 9.84. The minimum Gasteiger partial charge on any atom is -0.367 e. The molecule has 0 atom stereocenters. The number of halogens is 6. The molecule has 1 amide bonds. The van der Waals surface area contributed by atoms with Gasteiger partial charge in [-0.1, -0.05) is 6.07 Å². The Morgan fingerprint density at radius 3 is 2.31 bits per heavy atom. The number of rotatable bonds is 8. The van der Waals surface area contributed by atoms with Gasteiger partial charge in [0, 0.05) is 45.1 Å². The number of hydrogen-bond acceptors (Lipinski definition) is 4. The van der Waals surface area contributed by atoms with Crippen molar-refractivity contribution >= 4 is 11.6 Å². The Kier molecular flexibility index (Phi) is 8.91. The first-order chi connectivity index (χ1) is 16.5. The Morgan fingerprint density at radius 1 is 1.06 bits per heavy atom. The number of benzene rings is 1. The van der Waals surface area contributed by atoms with Crippen LogP contribution in [0.15, 0.2) is 18.2 Å². The van der Waals surface area contributed by atoms with Crippen molar-refractivity contribution in [3.63, 3.8) is 0 Å². The molecule has 2 aliphatic rings. The third-order valence-electron chi connectivity index (χ3n) is 6.92. The number of piperazine rings is 1. The number of nitrogens with zero attached hydrogens (tertiary/aromatic N) is 3. The number of alkyl halides is 5. The fourth-order valence-corrected chi connectivity index (χ4v) is 4.77. The van der Waals surface area contributed by atoms with Crippen LogP contribution >= 0.6 is 0 Å². The van der Waals surface area contributed by atoms with E-state index < -0.39 is 35.8 Å². The second-order valence-electron chi connectivity index (χ2n) is 9.31. The van der Waals surface area contributed by atoms with Gasteiger partial charge in [-0.25, -0.2) is 4.39 Å². The highest BCUT2D eigenvalue weighted by molar-refractivity contribution is 5.83. The van der Waals surface area contributed by atoms with Crippen molar-refractivity contribution < 1.29 is 31.1 Å². The smallest absolute Gasteiger partial charge is 0.367 e. The fraction of sp³-hybridized carbons (Fsp3) is 0.667. The summed E-state index contributed by atoms with van der Waals surface area (Å²) < 4.78 is 80.9. The van der Waals surface area contributed by atoms with Crippen LogP contribution in [-0.4, -0.2) is 55.5 Å². The van der Waals surface area contributed by atoms with Crippen LogP contribution < -0.4 is 10.2 Å². The van der Waals surface area contributed by atoms with Crippen molar-refractivity contribution in [2.24, 2.45) is 5.92 Å². The molecule has 1 saturated carbocycles. The van der Waals surface area contributed by atoms with E-state index in [0.29, 0.717) is 44.9 Å². The van der Waals surface area contributed by atoms with Crippen LogP contribution in [0.4, 0.5) is 32.0 Å². The summed E-state index contributed by atoms with van der Waals surface area (Å²) in [5.74, 6) is -5.68. The second kappa shape index (κ2) is 11.5. The minimum atomic E-state index is -4.73. The molecule has 35 heavy (non-hydrogen) atoms. The van der Waals surface area contributed by atoms with Crippen LogP contribution in [0.3, 0.4) is 0 Å². The second-order valence-corrected chi connectivity index (χ2v) is 9.31. The third kappa shape index (κ3) is 7.26. The zero-order valence-corrected chi connectivity index (χ0v) is 19.4. The van der Waals surface area contributed by atoms with E-state index >= 15 is 0 Å². The van der Waals surface area contributed by atoms with Crippen molar-refractivity contribution in [3.8, 4) is 6.07 Å². The van der Waals surface area contributed by atoms with Crippen LogP contribution in [0.25, 0.3) is 0 Å². The fourth-order valence-electron chi connectivity index (χ4n) is 4.77. The van der Waals surface area contributed by atoms with Gasteiger partial charge in [-0.05, 0) is 56.7 Å². The molecule has 1 aromatic carbocycles. The maximum atomic E-state index is 14.4. The number of anilines is 1. The molecule has 0 aromatic heterocycles. The monoisotopic (exact) mass is 504 g/mol. The summed E-state index contributed by atoms with van der Waals surface area (Å²) in [4.78, 5) is 15.7. The molecule has 1 aliphatic heterocycles. The molecule has 194 valence electrons. The topological polar surface area (TPSA) is 59.4 Å². The van der Waals surface area contributed by atoms with E-state index in [0.717, 1.165) is 31.9 Å². The summed E-state index contributed by atoms with van der Waals surface area (Å²) in [5, 5.41) is 10.9. The van der Waals surface area contributed by atoms with Crippen molar-refractivity contribution in [1.29, 1.82) is 5.26 Å². The van der Waals surface area contributed by atoms with E-state index in [1.807, 2.05) is 0 Å². The Bertz CT molecular complexity index is 900. The zero-order chi connectivity index (χ0) is 25.6. The number of nitriles is 1. The molecule has 0 unspecified atom stereocenters. The van der Waals surface area contributed by atoms with Crippen LogP contribution in [0.1, 0.15) is 50.5 Å². The first-order valence-electron chi connectivity index (χ1n) is 11.9. The SMILES string of the molecule is N#CCCC(F)(F)C(=O)N[C@H]1CC[C@H](CCN2CCN(c3cccc(C(F)(F)F)c3F)CC2)CC1. The highest BCUT2D eigenvalue weighted by Gasteiger charge is 2.39. The van der Waals surface area contributed by atoms with Crippen molar-refractivity contribution in [2.75, 3.05) is 37.6 Å². The third-order valence-corrected chi connectivity index (χ3v) is 6.92. The van der Waals surface area contributed by atoms with Gasteiger partial charge in [-0.15, -0.1) is 0 Å². The lowest BCUT2D eigenvalue weighted by Crippen LogP contribution is -2.48. The quantitative estimate of drug-likeness (QED) is 0.508. The summed E-state index contributed by atoms with van der Waals surface area (Å²) >= 11 is 0. The van der Waals surface area contributed by atoms with Gasteiger partial charge in [0.15, 0.2) is 5.82 Å². The molecule has 1 saturated heterocycles. The van der Waals surface area contributed by atoms with Crippen LogP contribution in [0.5, 0.6) is 0 Å². The molecular formula is C24H30F6N4O. The normalized spacial score (nSPS) is 22.0. The first kappa shape index (κ1) is 27.1. The van der Waals surface area contributed by atoms with Crippen LogP contribution in [0, 0.1) is 23.1 Å². The summed E-state index contributed by atoms with van der Waals surface area (Å²) in [6.45, 7) is 2.87. The zero-order valence-electron chi connectivity index (χ0n) is 19.4. The predicted molar refractivity (Wildman–Crippen MR) is 118 cm³/mol. The van der Waals surface area contributed by atoms with E-state index in [4.69, 9.17) is 5.26 Å². The Morgan fingerprint density at radius 2 is 1.71 bits per heavy atom. The Labute approximate surface area is 201 Å². The van der Waals surface area contributed by atoms with Gasteiger partial charge in [-0.3, -0.25) is 9.69 Å². The number of carbonyl (C=O) groups excluding carboxylic acids is 1. The van der Waals surface area contributed by atoms with E-state index in [2.05, 4.69) is 10.2 Å². The van der Waals surface area contributed by atoms with Crippen molar-refractivity contribution in [1.82, 2.24) is 10.2 Å². The van der Waals surface area contributed by atoms with Crippen molar-refractivity contribution in [2.45, 2.75) is 63.1 Å². The number of amides is 1. The molecule has 1 aliphatic carbocycles. The minimum absolute atomic E-state index is 0.0296. The summed E-state index contributed by atoms with van der Waals surface area (Å²) in [7, 11) is 0. The molecular weight excluding hydrogens is 474 g/mol. The first-order valence-corrected chi connectivity index (χ1v) is 11.9.